The number of benzene rings is 1. The Labute approximate surface area is 102 Å². The topological polar surface area (TPSA) is 52.4 Å². The van der Waals surface area contributed by atoms with Crippen molar-refractivity contribution < 1.29 is 9.66 Å². The summed E-state index contributed by atoms with van der Waals surface area (Å²) in [5.74, 6) is 0.124. The van der Waals surface area contributed by atoms with E-state index in [4.69, 9.17) is 4.74 Å². The third-order valence-corrected chi connectivity index (χ3v) is 2.75. The molecule has 4 nitrogen and oxygen atoms in total. The highest BCUT2D eigenvalue weighted by atomic mass is 16.6. The van der Waals surface area contributed by atoms with Crippen molar-refractivity contribution in [2.45, 2.75) is 39.5 Å². The van der Waals surface area contributed by atoms with Crippen molar-refractivity contribution in [2.24, 2.45) is 5.92 Å². The van der Waals surface area contributed by atoms with Crippen LogP contribution in [0.2, 0.25) is 0 Å². The van der Waals surface area contributed by atoms with E-state index in [1.165, 1.54) is 0 Å². The van der Waals surface area contributed by atoms with Gasteiger partial charge in [0.25, 0.3) is 0 Å². The van der Waals surface area contributed by atoms with Crippen LogP contribution in [-0.4, -0.2) is 17.1 Å². The van der Waals surface area contributed by atoms with Gasteiger partial charge in [0.2, 0.25) is 6.04 Å². The summed E-state index contributed by atoms with van der Waals surface area (Å²) < 4.78 is 5.67. The van der Waals surface area contributed by atoms with E-state index in [1.54, 1.807) is 6.92 Å². The SMILES string of the molecule is CC(C)[C@H](OCc1ccccc1)[C@H](C)[N+](=O)[O-]. The minimum Gasteiger partial charge on any atom is -0.366 e. The first-order valence-electron chi connectivity index (χ1n) is 5.81. The fraction of sp³-hybridized carbons (Fsp3) is 0.538. The third-order valence-electron chi connectivity index (χ3n) is 2.75. The van der Waals surface area contributed by atoms with Crippen LogP contribution in [0.25, 0.3) is 0 Å². The number of nitrogens with zero attached hydrogens (tertiary/aromatic N) is 1. The first kappa shape index (κ1) is 13.6. The molecule has 0 aromatic heterocycles. The van der Waals surface area contributed by atoms with Crippen molar-refractivity contribution in [1.82, 2.24) is 0 Å². The maximum absolute atomic E-state index is 10.8. The molecule has 0 unspecified atom stereocenters. The number of rotatable bonds is 6. The van der Waals surface area contributed by atoms with Crippen LogP contribution in [0.4, 0.5) is 0 Å². The Bertz CT molecular complexity index is 351. The van der Waals surface area contributed by atoms with E-state index >= 15 is 0 Å². The fourth-order valence-electron chi connectivity index (χ4n) is 1.78. The van der Waals surface area contributed by atoms with E-state index in [0.29, 0.717) is 6.61 Å². The van der Waals surface area contributed by atoms with E-state index in [1.807, 2.05) is 44.2 Å². The molecule has 0 radical (unpaired) electrons. The summed E-state index contributed by atoms with van der Waals surface area (Å²) in [6.07, 6.45) is -0.356. The molecule has 2 atom stereocenters. The van der Waals surface area contributed by atoms with Gasteiger partial charge in [0.05, 0.1) is 6.61 Å². The average Bonchev–Trinajstić information content (AvgIpc) is 2.29. The van der Waals surface area contributed by atoms with Gasteiger partial charge in [0, 0.05) is 11.8 Å². The standard InChI is InChI=1S/C13H19NO3/c1-10(2)13(11(3)14(15)16)17-9-12-7-5-4-6-8-12/h4-8,10-11,13H,9H2,1-3H3/t11-,13-/m0/s1. The summed E-state index contributed by atoms with van der Waals surface area (Å²) in [4.78, 5) is 10.5. The largest absolute Gasteiger partial charge is 0.366 e. The summed E-state index contributed by atoms with van der Waals surface area (Å²) in [6, 6.07) is 9.02. The molecule has 0 fully saturated rings. The Morgan fingerprint density at radius 1 is 1.24 bits per heavy atom. The lowest BCUT2D eigenvalue weighted by molar-refractivity contribution is -0.533. The molecule has 0 N–H and O–H groups in total. The van der Waals surface area contributed by atoms with E-state index in [0.717, 1.165) is 5.56 Å². The molecule has 4 heteroatoms. The Hall–Kier alpha value is -1.42. The van der Waals surface area contributed by atoms with E-state index in [2.05, 4.69) is 0 Å². The van der Waals surface area contributed by atoms with E-state index < -0.39 is 6.04 Å². The molecule has 0 spiro atoms. The summed E-state index contributed by atoms with van der Waals surface area (Å²) in [5.41, 5.74) is 1.04. The molecule has 94 valence electrons. The first-order chi connectivity index (χ1) is 8.02. The van der Waals surface area contributed by atoms with Crippen LogP contribution in [0, 0.1) is 16.0 Å². The van der Waals surface area contributed by atoms with Crippen molar-refractivity contribution >= 4 is 0 Å². The van der Waals surface area contributed by atoms with Crippen LogP contribution in [0.1, 0.15) is 26.3 Å². The van der Waals surface area contributed by atoms with Gasteiger partial charge in [-0.2, -0.15) is 0 Å². The molecule has 0 aliphatic rings. The van der Waals surface area contributed by atoms with Gasteiger partial charge in [-0.3, -0.25) is 10.1 Å². The molecule has 1 aromatic carbocycles. The Balaban J connectivity index is 2.59. The van der Waals surface area contributed by atoms with Crippen LogP contribution in [-0.2, 0) is 11.3 Å². The van der Waals surface area contributed by atoms with E-state index in [9.17, 15) is 10.1 Å². The molecule has 0 saturated heterocycles. The molecular weight excluding hydrogens is 218 g/mol. The fourth-order valence-corrected chi connectivity index (χ4v) is 1.78. The number of ether oxygens (including phenoxy) is 1. The Kier molecular flexibility index (Phi) is 5.10. The van der Waals surface area contributed by atoms with Gasteiger partial charge in [-0.05, 0) is 11.5 Å². The maximum atomic E-state index is 10.8. The molecular formula is C13H19NO3. The van der Waals surface area contributed by atoms with Crippen LogP contribution >= 0.6 is 0 Å². The molecule has 0 saturated carbocycles. The lowest BCUT2D eigenvalue weighted by atomic mass is 10.0. The minimum absolute atomic E-state index is 0.124. The highest BCUT2D eigenvalue weighted by Crippen LogP contribution is 2.15. The summed E-state index contributed by atoms with van der Waals surface area (Å²) in [5, 5.41) is 10.8. The highest BCUT2D eigenvalue weighted by molar-refractivity contribution is 5.13. The van der Waals surface area contributed by atoms with Gasteiger partial charge in [-0.1, -0.05) is 44.2 Å². The zero-order chi connectivity index (χ0) is 12.8. The van der Waals surface area contributed by atoms with Crippen molar-refractivity contribution in [2.75, 3.05) is 0 Å². The molecule has 1 rings (SSSR count). The second-order valence-corrected chi connectivity index (χ2v) is 4.53. The zero-order valence-corrected chi connectivity index (χ0v) is 10.5. The highest BCUT2D eigenvalue weighted by Gasteiger charge is 2.30. The quantitative estimate of drug-likeness (QED) is 0.564. The van der Waals surface area contributed by atoms with Crippen LogP contribution in [0.3, 0.4) is 0 Å². The molecule has 0 amide bonds. The lowest BCUT2D eigenvalue weighted by Crippen LogP contribution is -2.37. The van der Waals surface area contributed by atoms with Gasteiger partial charge in [0.15, 0.2) is 0 Å². The van der Waals surface area contributed by atoms with Crippen molar-refractivity contribution in [1.29, 1.82) is 0 Å². The molecule has 17 heavy (non-hydrogen) atoms. The minimum atomic E-state index is -0.682. The van der Waals surface area contributed by atoms with Crippen LogP contribution in [0.5, 0.6) is 0 Å². The maximum Gasteiger partial charge on any atom is 0.236 e. The normalized spacial score (nSPS) is 14.6. The van der Waals surface area contributed by atoms with Crippen LogP contribution in [0.15, 0.2) is 30.3 Å². The van der Waals surface area contributed by atoms with Gasteiger partial charge in [0.1, 0.15) is 6.10 Å². The predicted octanol–water partition coefficient (Wildman–Crippen LogP) is 2.89. The predicted molar refractivity (Wildman–Crippen MR) is 66.3 cm³/mol. The molecule has 0 aliphatic heterocycles. The van der Waals surface area contributed by atoms with Crippen LogP contribution < -0.4 is 0 Å². The van der Waals surface area contributed by atoms with E-state index in [-0.39, 0.29) is 16.9 Å². The number of hydrogen-bond donors (Lipinski definition) is 0. The first-order valence-corrected chi connectivity index (χ1v) is 5.81. The smallest absolute Gasteiger partial charge is 0.236 e. The number of nitro groups is 1. The average molecular weight is 237 g/mol. The van der Waals surface area contributed by atoms with Crippen molar-refractivity contribution in [3.8, 4) is 0 Å². The van der Waals surface area contributed by atoms with Gasteiger partial charge >= 0.3 is 0 Å². The molecule has 0 heterocycles. The van der Waals surface area contributed by atoms with Gasteiger partial charge in [-0.15, -0.1) is 0 Å². The van der Waals surface area contributed by atoms with Gasteiger partial charge < -0.3 is 4.74 Å². The summed E-state index contributed by atoms with van der Waals surface area (Å²) in [7, 11) is 0. The molecule has 0 aliphatic carbocycles. The summed E-state index contributed by atoms with van der Waals surface area (Å²) >= 11 is 0. The Morgan fingerprint density at radius 2 is 1.82 bits per heavy atom. The molecule has 0 bridgehead atoms. The van der Waals surface area contributed by atoms with Gasteiger partial charge in [-0.25, -0.2) is 0 Å². The second-order valence-electron chi connectivity index (χ2n) is 4.53. The lowest BCUT2D eigenvalue weighted by Gasteiger charge is -2.22. The monoisotopic (exact) mass is 237 g/mol. The number of hydrogen-bond acceptors (Lipinski definition) is 3. The summed E-state index contributed by atoms with van der Waals surface area (Å²) in [6.45, 7) is 5.89. The Morgan fingerprint density at radius 3 is 2.29 bits per heavy atom. The van der Waals surface area contributed by atoms with Crippen molar-refractivity contribution in [3.63, 3.8) is 0 Å². The third kappa shape index (κ3) is 4.15. The van der Waals surface area contributed by atoms with Crippen molar-refractivity contribution in [3.05, 3.63) is 46.0 Å². The zero-order valence-electron chi connectivity index (χ0n) is 10.5. The molecule has 1 aromatic rings. The second kappa shape index (κ2) is 6.35.